The highest BCUT2D eigenvalue weighted by atomic mass is 32.2. The minimum absolute atomic E-state index is 0.0202. The lowest BCUT2D eigenvalue weighted by atomic mass is 10.1. The van der Waals surface area contributed by atoms with Gasteiger partial charge in [-0.15, -0.1) is 0 Å². The Bertz CT molecular complexity index is 530. The molecular formula is C12H15F2NO3S. The summed E-state index contributed by atoms with van der Waals surface area (Å²) in [5, 5.41) is 3.18. The average molecular weight is 291 g/mol. The van der Waals surface area contributed by atoms with Crippen LogP contribution in [0, 0.1) is 0 Å². The van der Waals surface area contributed by atoms with Gasteiger partial charge in [-0.1, -0.05) is 12.1 Å². The Morgan fingerprint density at radius 1 is 1.26 bits per heavy atom. The van der Waals surface area contributed by atoms with Gasteiger partial charge in [0.1, 0.15) is 5.75 Å². The van der Waals surface area contributed by atoms with Crippen LogP contribution in [0.4, 0.5) is 8.78 Å². The van der Waals surface area contributed by atoms with E-state index in [-0.39, 0.29) is 29.3 Å². The van der Waals surface area contributed by atoms with Gasteiger partial charge in [0.25, 0.3) is 0 Å². The second-order valence-electron chi connectivity index (χ2n) is 4.64. The Morgan fingerprint density at radius 3 is 2.42 bits per heavy atom. The van der Waals surface area contributed by atoms with Crippen LogP contribution >= 0.6 is 0 Å². The van der Waals surface area contributed by atoms with Crippen LogP contribution in [0.15, 0.2) is 24.3 Å². The molecule has 0 saturated carbocycles. The van der Waals surface area contributed by atoms with E-state index < -0.39 is 16.4 Å². The summed E-state index contributed by atoms with van der Waals surface area (Å²) in [6, 6.07) is 5.59. The van der Waals surface area contributed by atoms with Crippen molar-refractivity contribution in [2.45, 2.75) is 25.6 Å². The first-order valence-electron chi connectivity index (χ1n) is 5.87. The van der Waals surface area contributed by atoms with Gasteiger partial charge >= 0.3 is 6.61 Å². The molecule has 2 rings (SSSR count). The third-order valence-corrected chi connectivity index (χ3v) is 4.77. The molecule has 2 unspecified atom stereocenters. The Balaban J connectivity index is 2.13. The zero-order valence-corrected chi connectivity index (χ0v) is 11.2. The van der Waals surface area contributed by atoms with E-state index in [0.29, 0.717) is 0 Å². The maximum Gasteiger partial charge on any atom is 0.387 e. The second-order valence-corrected chi connectivity index (χ2v) is 6.80. The Kier molecular flexibility index (Phi) is 4.05. The third-order valence-electron chi connectivity index (χ3n) is 2.92. The Morgan fingerprint density at radius 2 is 1.89 bits per heavy atom. The van der Waals surface area contributed by atoms with Gasteiger partial charge in [-0.2, -0.15) is 8.78 Å². The van der Waals surface area contributed by atoms with Gasteiger partial charge in [-0.3, -0.25) is 0 Å². The largest absolute Gasteiger partial charge is 0.435 e. The van der Waals surface area contributed by atoms with Crippen molar-refractivity contribution in [1.82, 2.24) is 5.32 Å². The lowest BCUT2D eigenvalue weighted by molar-refractivity contribution is -0.0498. The van der Waals surface area contributed by atoms with Gasteiger partial charge in [0.15, 0.2) is 9.84 Å². The molecule has 1 N–H and O–H groups in total. The van der Waals surface area contributed by atoms with Crippen molar-refractivity contribution in [3.05, 3.63) is 29.8 Å². The standard InChI is InChI=1S/C12H15F2NO3S/c1-8-6-19(16,17)7-11(15-8)9-2-4-10(5-3-9)18-12(13)14/h2-5,8,11-12,15H,6-7H2,1H3. The number of rotatable bonds is 3. The van der Waals surface area contributed by atoms with Crippen LogP contribution in [-0.4, -0.2) is 32.6 Å². The lowest BCUT2D eigenvalue weighted by Gasteiger charge is -2.29. The number of nitrogens with one attached hydrogen (secondary N) is 1. The van der Waals surface area contributed by atoms with Crippen LogP contribution in [0.1, 0.15) is 18.5 Å². The van der Waals surface area contributed by atoms with E-state index in [1.165, 1.54) is 12.1 Å². The molecular weight excluding hydrogens is 276 g/mol. The predicted molar refractivity (Wildman–Crippen MR) is 67.1 cm³/mol. The minimum Gasteiger partial charge on any atom is -0.435 e. The normalized spacial score (nSPS) is 26.3. The fourth-order valence-corrected chi connectivity index (χ4v) is 4.01. The van der Waals surface area contributed by atoms with E-state index in [2.05, 4.69) is 10.1 Å². The summed E-state index contributed by atoms with van der Waals surface area (Å²) >= 11 is 0. The van der Waals surface area contributed by atoms with Gasteiger partial charge in [0.05, 0.1) is 11.5 Å². The fraction of sp³-hybridized carbons (Fsp3) is 0.500. The van der Waals surface area contributed by atoms with Crippen LogP contribution in [0.3, 0.4) is 0 Å². The smallest absolute Gasteiger partial charge is 0.387 e. The van der Waals surface area contributed by atoms with Crippen molar-refractivity contribution in [3.63, 3.8) is 0 Å². The number of halogens is 2. The molecule has 1 fully saturated rings. The van der Waals surface area contributed by atoms with Crippen LogP contribution in [0.2, 0.25) is 0 Å². The highest BCUT2D eigenvalue weighted by molar-refractivity contribution is 7.91. The van der Waals surface area contributed by atoms with E-state index in [9.17, 15) is 17.2 Å². The minimum atomic E-state index is -3.07. The first kappa shape index (κ1) is 14.2. The number of ether oxygens (including phenoxy) is 1. The topological polar surface area (TPSA) is 55.4 Å². The summed E-state index contributed by atoms with van der Waals surface area (Å²) in [7, 11) is -3.07. The van der Waals surface area contributed by atoms with Gasteiger partial charge < -0.3 is 10.1 Å². The molecule has 19 heavy (non-hydrogen) atoms. The van der Waals surface area contributed by atoms with Gasteiger partial charge in [0.2, 0.25) is 0 Å². The summed E-state index contributed by atoms with van der Waals surface area (Å²) in [6.07, 6.45) is 0. The van der Waals surface area contributed by atoms with Crippen LogP contribution in [0.5, 0.6) is 5.75 Å². The average Bonchev–Trinajstić information content (AvgIpc) is 2.26. The lowest BCUT2D eigenvalue weighted by Crippen LogP contribution is -2.45. The van der Waals surface area contributed by atoms with Crippen molar-refractivity contribution in [1.29, 1.82) is 0 Å². The Labute approximate surface area is 110 Å². The summed E-state index contributed by atoms with van der Waals surface area (Å²) in [6.45, 7) is -1.06. The number of sulfone groups is 1. The first-order valence-corrected chi connectivity index (χ1v) is 7.69. The van der Waals surface area contributed by atoms with Crippen molar-refractivity contribution in [2.75, 3.05) is 11.5 Å². The molecule has 2 atom stereocenters. The van der Waals surface area contributed by atoms with Crippen LogP contribution < -0.4 is 10.1 Å². The van der Waals surface area contributed by atoms with Crippen molar-refractivity contribution >= 4 is 9.84 Å². The second kappa shape index (κ2) is 5.42. The molecule has 106 valence electrons. The number of alkyl halides is 2. The highest BCUT2D eigenvalue weighted by Crippen LogP contribution is 2.23. The quantitative estimate of drug-likeness (QED) is 0.921. The molecule has 0 amide bonds. The van der Waals surface area contributed by atoms with Crippen molar-refractivity contribution in [3.8, 4) is 5.75 Å². The highest BCUT2D eigenvalue weighted by Gasteiger charge is 2.29. The van der Waals surface area contributed by atoms with Gasteiger partial charge in [0, 0.05) is 12.1 Å². The van der Waals surface area contributed by atoms with E-state index in [4.69, 9.17) is 0 Å². The summed E-state index contributed by atoms with van der Waals surface area (Å²) in [5.41, 5.74) is 0.747. The molecule has 1 aromatic rings. The number of hydrogen-bond donors (Lipinski definition) is 1. The van der Waals surface area contributed by atoms with E-state index in [0.717, 1.165) is 5.56 Å². The molecule has 0 bridgehead atoms. The molecule has 1 heterocycles. The van der Waals surface area contributed by atoms with Crippen molar-refractivity contribution in [2.24, 2.45) is 0 Å². The zero-order valence-electron chi connectivity index (χ0n) is 10.3. The summed E-state index contributed by atoms with van der Waals surface area (Å²) < 4.78 is 51.7. The molecule has 4 nitrogen and oxygen atoms in total. The molecule has 1 aliphatic heterocycles. The monoisotopic (exact) mass is 291 g/mol. The molecule has 0 aromatic heterocycles. The fourth-order valence-electron chi connectivity index (χ4n) is 2.22. The van der Waals surface area contributed by atoms with Gasteiger partial charge in [-0.05, 0) is 24.6 Å². The third kappa shape index (κ3) is 3.87. The maximum atomic E-state index is 12.0. The van der Waals surface area contributed by atoms with Gasteiger partial charge in [-0.25, -0.2) is 8.42 Å². The first-order chi connectivity index (χ1) is 8.85. The zero-order chi connectivity index (χ0) is 14.0. The number of hydrogen-bond acceptors (Lipinski definition) is 4. The Hall–Kier alpha value is -1.21. The summed E-state index contributed by atoms with van der Waals surface area (Å²) in [5.74, 6) is 0.202. The maximum absolute atomic E-state index is 12.0. The molecule has 7 heteroatoms. The van der Waals surface area contributed by atoms with E-state index in [1.807, 2.05) is 0 Å². The molecule has 0 radical (unpaired) electrons. The van der Waals surface area contributed by atoms with Crippen LogP contribution in [-0.2, 0) is 9.84 Å². The molecule has 1 saturated heterocycles. The summed E-state index contributed by atoms with van der Waals surface area (Å²) in [4.78, 5) is 0. The van der Waals surface area contributed by atoms with Crippen LogP contribution in [0.25, 0.3) is 0 Å². The predicted octanol–water partition coefficient (Wildman–Crippen LogP) is 1.74. The van der Waals surface area contributed by atoms with Crippen molar-refractivity contribution < 1.29 is 21.9 Å². The SMILES string of the molecule is CC1CS(=O)(=O)CC(c2ccc(OC(F)F)cc2)N1. The van der Waals surface area contributed by atoms with E-state index in [1.54, 1.807) is 19.1 Å². The molecule has 0 aliphatic carbocycles. The number of benzene rings is 1. The molecule has 1 aliphatic rings. The molecule has 1 aromatic carbocycles. The van der Waals surface area contributed by atoms with E-state index >= 15 is 0 Å². The molecule has 0 spiro atoms.